The van der Waals surface area contributed by atoms with Crippen LogP contribution in [-0.4, -0.2) is 61.5 Å². The zero-order chi connectivity index (χ0) is 56.9. The van der Waals surface area contributed by atoms with Gasteiger partial charge in [0.05, 0.1) is 37.9 Å². The van der Waals surface area contributed by atoms with Gasteiger partial charge in [0.25, 0.3) is 0 Å². The Bertz CT molecular complexity index is 3610. The smallest absolute Gasteiger partial charge is 0.870 e. The van der Waals surface area contributed by atoms with Crippen molar-refractivity contribution >= 4 is 105 Å². The summed E-state index contributed by atoms with van der Waals surface area (Å²) < 4.78 is 50.5. The predicted octanol–water partition coefficient (Wildman–Crippen LogP) is 10.6. The molecule has 0 saturated heterocycles. The van der Waals surface area contributed by atoms with E-state index in [1.165, 1.54) is 24.3 Å². The number of amides is 2. The number of benzene rings is 6. The number of nitrogens with one attached hydrogen (secondary N) is 2. The molecule has 6 N–H and O–H groups in total. The monoisotopic (exact) mass is 1260 g/mol. The molecule has 0 bridgehead atoms. The number of aliphatic hydroxyl groups excluding tert-OH is 1. The first-order valence-corrected chi connectivity index (χ1v) is 27.5. The van der Waals surface area contributed by atoms with Gasteiger partial charge < -0.3 is 35.4 Å². The number of carboxylic acids is 1. The SMILES string of the molecule is CO.Cc1nsc(-c2cc(Cl)c(-c3ccc(C4(C(=O)O)CC4)cc3)cc2F)c1NC(=O)O[C@H](C)c1ccccc1Cl.Cc1nsc(-c2cc(Cl)c(-c3ccc(C4([C-]=O)CC4)cc3)cc2F)c1NC(=O)O[C@H](C)c1ccccc1Cl.[Na+].[Na+].[OH-].[OH-]. The Morgan fingerprint density at radius 2 is 0.964 bits per heavy atom. The fourth-order valence-corrected chi connectivity index (χ4v) is 11.7. The Balaban J connectivity index is 0.000000331. The number of anilines is 2. The van der Waals surface area contributed by atoms with E-state index in [4.69, 9.17) is 61.0 Å². The van der Waals surface area contributed by atoms with Gasteiger partial charge in [-0.25, -0.2) is 18.4 Å². The number of rotatable bonds is 14. The van der Waals surface area contributed by atoms with Crippen LogP contribution in [0.2, 0.25) is 20.1 Å². The third kappa shape index (κ3) is 15.8. The molecular weight excluding hydrogens is 1210 g/mol. The Hall–Kier alpha value is -4.84. The van der Waals surface area contributed by atoms with Crippen LogP contribution in [0.5, 0.6) is 0 Å². The number of aromatic nitrogens is 2. The molecule has 2 aromatic heterocycles. The van der Waals surface area contributed by atoms with Gasteiger partial charge >= 0.3 is 77.3 Å². The van der Waals surface area contributed by atoms with Crippen molar-refractivity contribution in [2.24, 2.45) is 0 Å². The van der Waals surface area contributed by atoms with Crippen molar-refractivity contribution in [3.8, 4) is 43.1 Å². The number of ether oxygens (including phenoxy) is 2. The van der Waals surface area contributed by atoms with E-state index in [2.05, 4.69) is 25.7 Å². The summed E-state index contributed by atoms with van der Waals surface area (Å²) in [5, 5.41) is 23.5. The molecule has 2 atom stereocenters. The van der Waals surface area contributed by atoms with Gasteiger partial charge in [0.1, 0.15) is 23.8 Å². The summed E-state index contributed by atoms with van der Waals surface area (Å²) in [6, 6.07) is 34.3. The predicted molar refractivity (Wildman–Crippen MR) is 312 cm³/mol. The molecule has 2 aliphatic carbocycles. The average Bonchev–Trinajstić information content (AvgIpc) is 4.39. The first-order valence-electron chi connectivity index (χ1n) is 24.5. The topological polar surface area (TPSA) is 237 Å². The third-order valence-corrected chi connectivity index (χ3v) is 16.9. The van der Waals surface area contributed by atoms with Crippen LogP contribution in [0.4, 0.5) is 29.7 Å². The molecule has 6 aromatic carbocycles. The first-order chi connectivity index (χ1) is 37.8. The van der Waals surface area contributed by atoms with Crippen molar-refractivity contribution in [2.45, 2.75) is 76.4 Å². The van der Waals surface area contributed by atoms with Crippen molar-refractivity contribution in [1.29, 1.82) is 0 Å². The summed E-state index contributed by atoms with van der Waals surface area (Å²) in [5.74, 6) is -1.90. The molecule has 0 radical (unpaired) electrons. The quantitative estimate of drug-likeness (QED) is 0.0588. The molecule has 2 fully saturated rings. The number of carbonyl (C=O) groups is 3. The van der Waals surface area contributed by atoms with Gasteiger partial charge in [-0.05, 0) is 117 Å². The number of aryl methyl sites for hydroxylation is 2. The average molecular weight is 1270 g/mol. The van der Waals surface area contributed by atoms with Gasteiger partial charge in [0, 0.05) is 60.6 Å². The molecule has 24 heteroatoms. The van der Waals surface area contributed by atoms with Crippen molar-refractivity contribution < 1.29 is 118 Å². The van der Waals surface area contributed by atoms with Gasteiger partial charge in [-0.1, -0.05) is 150 Å². The second kappa shape index (κ2) is 30.5. The maximum absolute atomic E-state index is 15.5. The van der Waals surface area contributed by atoms with Crippen LogP contribution in [0.1, 0.15) is 85.4 Å². The van der Waals surface area contributed by atoms with Crippen molar-refractivity contribution in [2.75, 3.05) is 17.7 Å². The largest absolute Gasteiger partial charge is 1.00 e. The molecule has 14 nitrogen and oxygen atoms in total. The zero-order valence-electron chi connectivity index (χ0n) is 45.7. The Morgan fingerprint density at radius 1 is 0.590 bits per heavy atom. The Labute approximate surface area is 550 Å². The second-order valence-corrected chi connectivity index (χ2v) is 21.9. The van der Waals surface area contributed by atoms with E-state index in [-0.39, 0.29) is 81.2 Å². The number of hydrogen-bond acceptors (Lipinski definition) is 13. The molecule has 2 heterocycles. The van der Waals surface area contributed by atoms with Gasteiger partial charge in [0.2, 0.25) is 0 Å². The summed E-state index contributed by atoms with van der Waals surface area (Å²) in [7, 11) is 1.00. The number of hydrogen-bond donors (Lipinski definition) is 4. The van der Waals surface area contributed by atoms with E-state index in [9.17, 15) is 24.3 Å². The van der Waals surface area contributed by atoms with Gasteiger partial charge in [-0.2, -0.15) is 8.75 Å². The van der Waals surface area contributed by atoms with Crippen LogP contribution in [0.25, 0.3) is 43.1 Å². The van der Waals surface area contributed by atoms with Gasteiger partial charge in [-0.3, -0.25) is 21.7 Å². The van der Waals surface area contributed by atoms with Crippen LogP contribution < -0.4 is 69.7 Å². The van der Waals surface area contributed by atoms with Gasteiger partial charge in [0.15, 0.2) is 0 Å². The number of carbonyl (C=O) groups excluding carboxylic acids is 3. The van der Waals surface area contributed by atoms with Crippen molar-refractivity contribution in [1.82, 2.24) is 8.75 Å². The van der Waals surface area contributed by atoms with Gasteiger partial charge in [-0.15, -0.1) is 5.41 Å². The number of carboxylic acid groups (broad SMARTS) is 1. The van der Waals surface area contributed by atoms with Crippen molar-refractivity contribution in [3.05, 3.63) is 187 Å². The standard InChI is InChI=1S/C29H23Cl2FN2O4S.C29H22Cl2FN2O3S.CH4O.2Na.2H2O/c1-15-25(33-28(37)38-16(2)19-5-3-4-6-22(19)30)26(39-34-15)21-13-23(31)20(14-24(21)32)17-7-9-18(10-8-17)29(11-12-29)27(35)36;1-16-26(33-28(36)37-17(2)20-5-3-4-6-23(20)30)27(38-34-16)22-13-24(31)21(14-25(22)32)18-7-9-19(10-8-18)29(15-35)11-12-29;1-2;;;;/h3-10,13-14,16H,11-12H2,1-2H3,(H,33,37)(H,35,36);3-10,13-14,17H,11-12H2,1-2H3,(H,33,36);2H,1H3;;;2*1H2/q;-1;;2*+1;;/p-2/t16-;17-;;;;;/m11...../s1. The number of aliphatic carboxylic acids is 1. The minimum atomic E-state index is -0.838. The molecule has 0 aliphatic heterocycles. The molecule has 8 aromatic rings. The van der Waals surface area contributed by atoms with Crippen LogP contribution in [0.3, 0.4) is 0 Å². The molecule has 83 heavy (non-hydrogen) atoms. The fourth-order valence-electron chi connectivity index (χ4n) is 8.87. The summed E-state index contributed by atoms with van der Waals surface area (Å²) in [4.78, 5) is 49.2. The van der Waals surface area contributed by atoms with E-state index in [1.54, 1.807) is 94.4 Å². The summed E-state index contributed by atoms with van der Waals surface area (Å²) in [6.45, 7) is 6.84. The minimum absolute atomic E-state index is 0. The third-order valence-electron chi connectivity index (χ3n) is 13.6. The molecule has 424 valence electrons. The first kappa shape index (κ1) is 70.6. The molecule has 2 amide bonds. The van der Waals surface area contributed by atoms with Crippen molar-refractivity contribution in [3.63, 3.8) is 0 Å². The summed E-state index contributed by atoms with van der Waals surface area (Å²) in [5.41, 5.74) is 6.07. The molecule has 2 saturated carbocycles. The maximum Gasteiger partial charge on any atom is 1.00 e. The minimum Gasteiger partial charge on any atom is -0.870 e. The normalized spacial score (nSPS) is 13.5. The second-order valence-electron chi connectivity index (χ2n) is 18.7. The van der Waals surface area contributed by atoms with Crippen LogP contribution in [0, 0.1) is 25.5 Å². The molecule has 0 unspecified atom stereocenters. The molecule has 10 rings (SSSR count). The zero-order valence-corrected chi connectivity index (χ0v) is 54.4. The van der Waals surface area contributed by atoms with Crippen LogP contribution >= 0.6 is 69.5 Å². The van der Waals surface area contributed by atoms with E-state index in [0.717, 1.165) is 59.7 Å². The summed E-state index contributed by atoms with van der Waals surface area (Å²) in [6.07, 6.45) is 2.24. The maximum atomic E-state index is 15.5. The Morgan fingerprint density at radius 3 is 1.30 bits per heavy atom. The fraction of sp³-hybridized carbons (Fsp3) is 0.220. The number of nitrogens with zero attached hydrogens (tertiary/aromatic N) is 2. The number of aliphatic hydroxyl groups is 1. The van der Waals surface area contributed by atoms with E-state index >= 15 is 8.78 Å². The Kier molecular flexibility index (Phi) is 25.9. The van der Waals surface area contributed by atoms with E-state index in [0.29, 0.717) is 93.3 Å². The van der Waals surface area contributed by atoms with Crippen LogP contribution in [0.15, 0.2) is 121 Å². The molecule has 2 aliphatic rings. The van der Waals surface area contributed by atoms with E-state index < -0.39 is 52.8 Å². The summed E-state index contributed by atoms with van der Waals surface area (Å²) >= 11 is 27.7. The number of halogens is 6. The molecular formula is C59H51Cl4F2N4Na2O10S2-. The van der Waals surface area contributed by atoms with Crippen LogP contribution in [-0.2, 0) is 29.9 Å². The van der Waals surface area contributed by atoms with E-state index in [1.807, 2.05) is 30.3 Å². The molecule has 0 spiro atoms.